The van der Waals surface area contributed by atoms with Gasteiger partial charge in [-0.2, -0.15) is 4.31 Å². The first kappa shape index (κ1) is 18.7. The normalized spacial score (nSPS) is 29.5. The Morgan fingerprint density at radius 3 is 2.44 bits per heavy atom. The minimum Gasteiger partial charge on any atom is -0.496 e. The second kappa shape index (κ2) is 5.95. The molecule has 1 saturated carbocycles. The van der Waals surface area contributed by atoms with Gasteiger partial charge in [0, 0.05) is 13.1 Å². The van der Waals surface area contributed by atoms with E-state index in [2.05, 4.69) is 13.8 Å². The molecule has 1 saturated heterocycles. The summed E-state index contributed by atoms with van der Waals surface area (Å²) < 4.78 is 34.0. The maximum atomic E-state index is 13.5. The summed E-state index contributed by atoms with van der Waals surface area (Å²) in [5.41, 5.74) is 6.81. The molecule has 0 aromatic heterocycles. The third-order valence-corrected chi connectivity index (χ3v) is 8.90. The fourth-order valence-electron chi connectivity index (χ4n) is 5.74. The average Bonchev–Trinajstić information content (AvgIpc) is 2.97. The third kappa shape index (κ3) is 2.54. The molecule has 0 spiro atoms. The lowest BCUT2D eigenvalue weighted by Gasteiger charge is -2.54. The van der Waals surface area contributed by atoms with Gasteiger partial charge < -0.3 is 10.5 Å². The molecule has 3 aliphatic rings. The van der Waals surface area contributed by atoms with E-state index in [0.717, 1.165) is 42.6 Å². The predicted molar refractivity (Wildman–Crippen MR) is 102 cm³/mol. The monoisotopic (exact) mass is 392 g/mol. The summed E-state index contributed by atoms with van der Waals surface area (Å²) in [6.07, 6.45) is 4.24. The van der Waals surface area contributed by atoms with Crippen LogP contribution in [0, 0.1) is 16.7 Å². The molecule has 6 nitrogen and oxygen atoms in total. The zero-order valence-corrected chi connectivity index (χ0v) is 17.1. The number of rotatable bonds is 4. The quantitative estimate of drug-likeness (QED) is 0.850. The van der Waals surface area contributed by atoms with Crippen molar-refractivity contribution in [1.82, 2.24) is 4.31 Å². The first-order chi connectivity index (χ1) is 12.6. The molecule has 2 atom stereocenters. The molecule has 0 bridgehead atoms. The van der Waals surface area contributed by atoms with E-state index in [4.69, 9.17) is 10.5 Å². The molecular formula is C20H28N2O4S. The highest BCUT2D eigenvalue weighted by Gasteiger charge is 2.67. The van der Waals surface area contributed by atoms with E-state index in [1.807, 2.05) is 0 Å². The van der Waals surface area contributed by atoms with Crippen LogP contribution in [0.1, 0.15) is 44.2 Å². The zero-order valence-electron chi connectivity index (χ0n) is 16.2. The van der Waals surface area contributed by atoms with E-state index < -0.39 is 15.4 Å². The smallest absolute Gasteiger partial charge is 0.243 e. The number of ether oxygens (including phenoxy) is 1. The Kier molecular flexibility index (Phi) is 4.13. The summed E-state index contributed by atoms with van der Waals surface area (Å²) in [6, 6.07) is 3.43. The molecule has 27 heavy (non-hydrogen) atoms. The lowest BCUT2D eigenvalue weighted by Crippen LogP contribution is -2.59. The number of nitrogens with two attached hydrogens (primary N) is 1. The lowest BCUT2D eigenvalue weighted by atomic mass is 9.48. The molecule has 2 fully saturated rings. The Morgan fingerprint density at radius 2 is 1.89 bits per heavy atom. The molecule has 1 heterocycles. The first-order valence-corrected chi connectivity index (χ1v) is 11.1. The third-order valence-electron chi connectivity index (χ3n) is 7.00. The van der Waals surface area contributed by atoms with E-state index >= 15 is 0 Å². The van der Waals surface area contributed by atoms with Gasteiger partial charge in [0.1, 0.15) is 5.75 Å². The van der Waals surface area contributed by atoms with Gasteiger partial charge in [0.15, 0.2) is 0 Å². The molecule has 1 aromatic carbocycles. The number of hydrogen-bond donors (Lipinski definition) is 1. The number of benzene rings is 1. The van der Waals surface area contributed by atoms with Crippen molar-refractivity contribution < 1.29 is 17.9 Å². The van der Waals surface area contributed by atoms with Crippen molar-refractivity contribution in [2.45, 2.75) is 50.8 Å². The number of amides is 1. The number of methoxy groups -OCH3 is 1. The van der Waals surface area contributed by atoms with Gasteiger partial charge in [-0.05, 0) is 66.7 Å². The Morgan fingerprint density at radius 1 is 1.22 bits per heavy atom. The standard InChI is InChI=1S/C20H28N2O4S/c1-19(2)11-20(18(21)23)12-22(10-17(19)20)27(24,25)16-9-8-15(26-3)13-6-4-5-7-14(13)16/h8-9,17H,4-7,10-12H2,1-3H3,(H2,21,23)/t17-,20+/m1/s1. The molecule has 0 unspecified atom stereocenters. The molecule has 1 aliphatic heterocycles. The number of carbonyl (C=O) groups is 1. The van der Waals surface area contributed by atoms with Crippen LogP contribution < -0.4 is 10.5 Å². The van der Waals surface area contributed by atoms with Crippen LogP contribution >= 0.6 is 0 Å². The van der Waals surface area contributed by atoms with Crippen LogP contribution in [0.15, 0.2) is 17.0 Å². The zero-order chi connectivity index (χ0) is 19.6. The Bertz CT molecular complexity index is 909. The van der Waals surface area contributed by atoms with Gasteiger partial charge in [0.25, 0.3) is 0 Å². The molecule has 7 heteroatoms. The van der Waals surface area contributed by atoms with Crippen molar-refractivity contribution in [1.29, 1.82) is 0 Å². The van der Waals surface area contributed by atoms with Crippen LogP contribution in [0.4, 0.5) is 0 Å². The molecule has 1 aromatic rings. The minimum atomic E-state index is -3.68. The van der Waals surface area contributed by atoms with Crippen LogP contribution in [-0.2, 0) is 27.7 Å². The van der Waals surface area contributed by atoms with Crippen molar-refractivity contribution in [2.24, 2.45) is 22.5 Å². The lowest BCUT2D eigenvalue weighted by molar-refractivity contribution is -0.148. The van der Waals surface area contributed by atoms with Crippen molar-refractivity contribution in [2.75, 3.05) is 20.2 Å². The van der Waals surface area contributed by atoms with Gasteiger partial charge in [0.05, 0.1) is 17.4 Å². The van der Waals surface area contributed by atoms with Crippen LogP contribution in [0.5, 0.6) is 5.75 Å². The van der Waals surface area contributed by atoms with E-state index in [-0.39, 0.29) is 23.8 Å². The SMILES string of the molecule is COc1ccc(S(=O)(=O)N2C[C@@H]3C(C)(C)C[C@]3(C(N)=O)C2)c2c1CCCC2. The number of carbonyl (C=O) groups excluding carboxylic acids is 1. The summed E-state index contributed by atoms with van der Waals surface area (Å²) in [5.74, 6) is 0.368. The Hall–Kier alpha value is -1.60. The minimum absolute atomic E-state index is 0.0219. The van der Waals surface area contributed by atoms with Crippen LogP contribution in [0.3, 0.4) is 0 Å². The van der Waals surface area contributed by atoms with Crippen molar-refractivity contribution >= 4 is 15.9 Å². The Balaban J connectivity index is 1.75. The molecule has 2 N–H and O–H groups in total. The number of sulfonamides is 1. The van der Waals surface area contributed by atoms with Crippen molar-refractivity contribution in [3.05, 3.63) is 23.3 Å². The van der Waals surface area contributed by atoms with Crippen LogP contribution in [-0.4, -0.2) is 38.8 Å². The number of fused-ring (bicyclic) bond motifs is 2. The fraction of sp³-hybridized carbons (Fsp3) is 0.650. The van der Waals surface area contributed by atoms with E-state index in [1.54, 1.807) is 19.2 Å². The van der Waals surface area contributed by atoms with Gasteiger partial charge in [-0.3, -0.25) is 4.79 Å². The highest BCUT2D eigenvalue weighted by Crippen LogP contribution is 2.63. The van der Waals surface area contributed by atoms with Crippen molar-refractivity contribution in [3.63, 3.8) is 0 Å². The van der Waals surface area contributed by atoms with E-state index in [1.165, 1.54) is 4.31 Å². The summed E-state index contributed by atoms with van der Waals surface area (Å²) in [4.78, 5) is 12.6. The van der Waals surface area contributed by atoms with Gasteiger partial charge >= 0.3 is 0 Å². The highest BCUT2D eigenvalue weighted by atomic mass is 32.2. The maximum Gasteiger partial charge on any atom is 0.243 e. The maximum absolute atomic E-state index is 13.5. The predicted octanol–water partition coefficient (Wildman–Crippen LogP) is 2.10. The van der Waals surface area contributed by atoms with Crippen molar-refractivity contribution in [3.8, 4) is 5.75 Å². The number of hydrogen-bond acceptors (Lipinski definition) is 4. The highest BCUT2D eigenvalue weighted by molar-refractivity contribution is 7.89. The van der Waals surface area contributed by atoms with E-state index in [0.29, 0.717) is 17.9 Å². The van der Waals surface area contributed by atoms with E-state index in [9.17, 15) is 13.2 Å². The van der Waals surface area contributed by atoms with Gasteiger partial charge in [-0.1, -0.05) is 13.8 Å². The molecule has 148 valence electrons. The van der Waals surface area contributed by atoms with Gasteiger partial charge in [-0.15, -0.1) is 0 Å². The summed E-state index contributed by atoms with van der Waals surface area (Å²) in [5, 5.41) is 0. The van der Waals surface area contributed by atoms with Gasteiger partial charge in [0.2, 0.25) is 15.9 Å². The fourth-order valence-corrected chi connectivity index (χ4v) is 7.54. The average molecular weight is 393 g/mol. The second-order valence-electron chi connectivity index (χ2n) is 8.97. The van der Waals surface area contributed by atoms with Crippen LogP contribution in [0.25, 0.3) is 0 Å². The topological polar surface area (TPSA) is 89.7 Å². The largest absolute Gasteiger partial charge is 0.496 e. The summed E-state index contributed by atoms with van der Waals surface area (Å²) >= 11 is 0. The molecule has 1 amide bonds. The molecule has 4 rings (SSSR count). The molecule has 2 aliphatic carbocycles. The number of primary amides is 1. The van der Waals surface area contributed by atoms with Gasteiger partial charge in [-0.25, -0.2) is 8.42 Å². The molecular weight excluding hydrogens is 364 g/mol. The second-order valence-corrected chi connectivity index (χ2v) is 10.9. The molecule has 0 radical (unpaired) electrons. The first-order valence-electron chi connectivity index (χ1n) is 9.62. The summed E-state index contributed by atoms with van der Waals surface area (Å²) in [6.45, 7) is 4.73. The van der Waals surface area contributed by atoms with Crippen LogP contribution in [0.2, 0.25) is 0 Å². The Labute approximate surface area is 161 Å². The number of nitrogens with zero attached hydrogens (tertiary/aromatic N) is 1. The summed E-state index contributed by atoms with van der Waals surface area (Å²) in [7, 11) is -2.06.